The maximum absolute atomic E-state index is 12.9. The van der Waals surface area contributed by atoms with Crippen LogP contribution >= 0.6 is 0 Å². The van der Waals surface area contributed by atoms with E-state index in [0.717, 1.165) is 125 Å². The molecule has 0 aromatic heterocycles. The molecule has 74 heavy (non-hydrogen) atoms. The number of allylic oxidation sites excluding steroid dienone is 3. The van der Waals surface area contributed by atoms with Gasteiger partial charge in [0.05, 0.1) is 0 Å². The van der Waals surface area contributed by atoms with Crippen molar-refractivity contribution >= 4 is 40.5 Å². The monoisotopic (exact) mass is 1010 g/mol. The highest BCUT2D eigenvalue weighted by Crippen LogP contribution is 2.72. The lowest BCUT2D eigenvalue weighted by Gasteiger charge is -2.61. The van der Waals surface area contributed by atoms with Gasteiger partial charge < -0.3 is 0 Å². The zero-order valence-electron chi connectivity index (χ0n) is 48.0. The summed E-state index contributed by atoms with van der Waals surface area (Å²) in [5, 5.41) is 0. The fourth-order valence-electron chi connectivity index (χ4n) is 23.0. The van der Waals surface area contributed by atoms with Crippen molar-refractivity contribution < 1.29 is 33.6 Å². The number of fused-ring (bicyclic) bond motifs is 15. The Morgan fingerprint density at radius 1 is 0.459 bits per heavy atom. The minimum Gasteiger partial charge on any atom is -0.300 e. The third-order valence-corrected chi connectivity index (χ3v) is 26.8. The van der Waals surface area contributed by atoms with Crippen molar-refractivity contribution in [2.24, 2.45) is 109 Å². The van der Waals surface area contributed by atoms with Gasteiger partial charge in [-0.2, -0.15) is 0 Å². The second-order valence-corrected chi connectivity index (χ2v) is 29.5. The highest BCUT2D eigenvalue weighted by molar-refractivity contribution is 5.93. The zero-order valence-corrected chi connectivity index (χ0v) is 48.0. The second kappa shape index (κ2) is 19.1. The lowest BCUT2D eigenvalue weighted by Crippen LogP contribution is -2.55. The Balaban J connectivity index is 0.000000128. The summed E-state index contributed by atoms with van der Waals surface area (Å²) in [6.45, 7) is 23.7. The average Bonchev–Trinajstić information content (AvgIpc) is 3.99. The van der Waals surface area contributed by atoms with Crippen LogP contribution in [-0.4, -0.2) is 40.5 Å². The first-order chi connectivity index (χ1) is 34.8. The molecule has 19 atom stereocenters. The first-order valence-electron chi connectivity index (χ1n) is 30.5. The van der Waals surface area contributed by atoms with Crippen LogP contribution < -0.4 is 0 Å². The molecule has 0 aromatic carbocycles. The van der Waals surface area contributed by atoms with Crippen molar-refractivity contribution in [1.29, 1.82) is 0 Å². The molecule has 0 radical (unpaired) electrons. The van der Waals surface area contributed by atoms with Crippen molar-refractivity contribution in [1.82, 2.24) is 0 Å². The summed E-state index contributed by atoms with van der Waals surface area (Å²) < 4.78 is 0. The third-order valence-electron chi connectivity index (χ3n) is 26.8. The van der Waals surface area contributed by atoms with Crippen molar-refractivity contribution in [3.8, 4) is 0 Å². The van der Waals surface area contributed by atoms with Crippen LogP contribution in [0.25, 0.3) is 0 Å². The normalized spacial score (nSPS) is 48.5. The molecule has 12 aliphatic carbocycles. The summed E-state index contributed by atoms with van der Waals surface area (Å²) in [7, 11) is 0. The molecule has 9 saturated carbocycles. The fraction of sp³-hybridized carbons (Fsp3) is 0.806. The van der Waals surface area contributed by atoms with E-state index in [2.05, 4.69) is 48.5 Å². The van der Waals surface area contributed by atoms with Crippen LogP contribution in [0.4, 0.5) is 0 Å². The lowest BCUT2D eigenvalue weighted by molar-refractivity contribution is -0.147. The van der Waals surface area contributed by atoms with E-state index in [1.54, 1.807) is 27.7 Å². The number of Topliss-reactive ketones (excluding diaryl/α,β-unsaturated/α-hetero) is 4. The highest BCUT2D eigenvalue weighted by Gasteiger charge is 2.67. The molecule has 9 fully saturated rings. The van der Waals surface area contributed by atoms with Crippen molar-refractivity contribution in [3.05, 3.63) is 34.9 Å². The van der Waals surface area contributed by atoms with Crippen molar-refractivity contribution in [3.63, 3.8) is 0 Å². The molecule has 0 aromatic rings. The molecule has 0 bridgehead atoms. The fourth-order valence-corrected chi connectivity index (χ4v) is 23.0. The summed E-state index contributed by atoms with van der Waals surface area (Å²) in [4.78, 5) is 85.2. The summed E-state index contributed by atoms with van der Waals surface area (Å²) >= 11 is 0. The number of rotatable bonds is 5. The molecule has 0 unspecified atom stereocenters. The van der Waals surface area contributed by atoms with Crippen LogP contribution in [0, 0.1) is 109 Å². The molecule has 12 aliphatic rings. The highest BCUT2D eigenvalue weighted by atomic mass is 16.1. The van der Waals surface area contributed by atoms with E-state index in [1.165, 1.54) is 68.1 Å². The molecule has 0 N–H and O–H groups in total. The number of ketones is 7. The summed E-state index contributed by atoms with van der Waals surface area (Å²) in [5.74, 6) is 9.45. The second-order valence-electron chi connectivity index (χ2n) is 29.5. The first kappa shape index (κ1) is 54.3. The van der Waals surface area contributed by atoms with Gasteiger partial charge in [-0.3, -0.25) is 33.6 Å². The van der Waals surface area contributed by atoms with Crippen LogP contribution in [0.2, 0.25) is 0 Å². The van der Waals surface area contributed by atoms with Gasteiger partial charge in [-0.05, 0) is 266 Å². The Morgan fingerprint density at radius 3 is 1.35 bits per heavy atom. The van der Waals surface area contributed by atoms with Gasteiger partial charge in [0.1, 0.15) is 23.1 Å². The molecular weight excluding hydrogens is 917 g/mol. The van der Waals surface area contributed by atoms with Crippen LogP contribution in [0.15, 0.2) is 34.9 Å². The van der Waals surface area contributed by atoms with Gasteiger partial charge in [-0.25, -0.2) is 0 Å². The molecule has 0 heterocycles. The largest absolute Gasteiger partial charge is 0.300 e. The van der Waals surface area contributed by atoms with E-state index in [1.807, 2.05) is 18.2 Å². The van der Waals surface area contributed by atoms with Crippen LogP contribution in [0.5, 0.6) is 0 Å². The maximum atomic E-state index is 12.9. The van der Waals surface area contributed by atoms with Crippen LogP contribution in [0.3, 0.4) is 0 Å². The van der Waals surface area contributed by atoms with Gasteiger partial charge in [0.15, 0.2) is 17.3 Å². The van der Waals surface area contributed by atoms with Gasteiger partial charge in [0.2, 0.25) is 0 Å². The van der Waals surface area contributed by atoms with E-state index in [4.69, 9.17) is 0 Å². The zero-order chi connectivity index (χ0) is 53.3. The van der Waals surface area contributed by atoms with Crippen molar-refractivity contribution in [2.45, 2.75) is 230 Å². The SMILES string of the molecule is CC(=O)C[C@]1(C(C)=O)CC[C@H]2[C@@H]3C[C@H](C)C4=CC(=O)CC[C@]4(C)[C@H]3CC[C@@]21C.CC(=O)[C@H]1CC[C@H]2[C@@H]3CCC4=CC(=O)CC[C@]4(C)[C@H]3CC[C@]12C.CC(=O)[C@H]1CC[C@H]2[C@@H]3CCC4=CC(=O)CC[C@]4(C)[C@H]3CC[C@]12C. The summed E-state index contributed by atoms with van der Waals surface area (Å²) in [5.41, 5.74) is 4.90. The smallest absolute Gasteiger partial charge is 0.155 e. The first-order valence-corrected chi connectivity index (χ1v) is 30.5. The van der Waals surface area contributed by atoms with Gasteiger partial charge in [0.25, 0.3) is 0 Å². The molecule has 12 rings (SSSR count). The Bertz CT molecular complexity index is 2370. The molecule has 7 heteroatoms. The van der Waals surface area contributed by atoms with Crippen LogP contribution in [-0.2, 0) is 33.6 Å². The van der Waals surface area contributed by atoms with E-state index >= 15 is 0 Å². The third kappa shape index (κ3) is 8.20. The number of carbonyl (C=O) groups is 7. The summed E-state index contributed by atoms with van der Waals surface area (Å²) in [6.07, 6.45) is 31.2. The van der Waals surface area contributed by atoms with E-state index < -0.39 is 5.41 Å². The molecule has 0 amide bonds. The van der Waals surface area contributed by atoms with Gasteiger partial charge in [0, 0.05) is 42.9 Å². The Kier molecular flexibility index (Phi) is 14.0. The van der Waals surface area contributed by atoms with Gasteiger partial charge in [-0.15, -0.1) is 0 Å². The Hall–Kier alpha value is -3.09. The number of hydrogen-bond donors (Lipinski definition) is 0. The van der Waals surface area contributed by atoms with Crippen molar-refractivity contribution in [2.75, 3.05) is 0 Å². The summed E-state index contributed by atoms with van der Waals surface area (Å²) in [6, 6.07) is 0. The van der Waals surface area contributed by atoms with E-state index in [9.17, 15) is 33.6 Å². The quantitative estimate of drug-likeness (QED) is 0.269. The molecule has 0 spiro atoms. The molecule has 0 aliphatic heterocycles. The number of hydrogen-bond acceptors (Lipinski definition) is 7. The van der Waals surface area contributed by atoms with Crippen LogP contribution in [0.1, 0.15) is 230 Å². The number of carbonyl (C=O) groups excluding carboxylic acids is 7. The average molecular weight is 1010 g/mol. The topological polar surface area (TPSA) is 119 Å². The van der Waals surface area contributed by atoms with E-state index in [-0.39, 0.29) is 44.1 Å². The molecule has 406 valence electrons. The van der Waals surface area contributed by atoms with Gasteiger partial charge in [-0.1, -0.05) is 65.2 Å². The maximum Gasteiger partial charge on any atom is 0.155 e. The minimum atomic E-state index is -0.461. The standard InChI is InChI=1S/C25H36O3.2C21H30O2/c1-15-12-19-20(23(4)9-6-18(28)13-22(15)23)7-10-24(5)21(19)8-11-25(24,17(3)27)14-16(2)26;2*1-13(22)17-6-7-18-16-5-4-14-12-15(23)8-10-20(14,2)19(16)9-11-21(17,18)3/h13,15,19-21H,6-12,14H2,1-5H3;2*12,16-19H,4-11H2,1-3H3/t15-,19+,20-,21-,23+,24-,25-;2*16-,17+,18-,19-,20-,21+/m000/s1. The predicted octanol–water partition coefficient (Wildman–Crippen LogP) is 14.8. The molecule has 7 nitrogen and oxygen atoms in total. The minimum absolute atomic E-state index is 0.0620. The van der Waals surface area contributed by atoms with E-state index in [0.29, 0.717) is 77.3 Å². The molecular formula is C67H96O7. The lowest BCUT2D eigenvalue weighted by atomic mass is 9.43. The predicted molar refractivity (Wildman–Crippen MR) is 291 cm³/mol. The molecule has 0 saturated heterocycles. The Morgan fingerprint density at radius 2 is 0.892 bits per heavy atom. The van der Waals surface area contributed by atoms with Gasteiger partial charge >= 0.3 is 0 Å². The Labute approximate surface area is 446 Å².